The molecule has 1 heterocycles. The summed E-state index contributed by atoms with van der Waals surface area (Å²) < 4.78 is 0. The molecule has 0 spiro atoms. The van der Waals surface area contributed by atoms with Crippen molar-refractivity contribution in [1.29, 1.82) is 0 Å². The van der Waals surface area contributed by atoms with E-state index in [0.717, 1.165) is 24.2 Å². The maximum atomic E-state index is 12.0. The van der Waals surface area contributed by atoms with Crippen LogP contribution in [0.25, 0.3) is 0 Å². The molecule has 1 aromatic rings. The van der Waals surface area contributed by atoms with Gasteiger partial charge in [-0.15, -0.1) is 0 Å². The van der Waals surface area contributed by atoms with Crippen molar-refractivity contribution in [3.8, 4) is 0 Å². The predicted octanol–water partition coefficient (Wildman–Crippen LogP) is 4.05. The molecule has 2 heteroatoms. The number of piperidine rings is 1. The maximum absolute atomic E-state index is 12.0. The smallest absolute Gasteiger partial charge is 0.164 e. The van der Waals surface area contributed by atoms with Crippen LogP contribution in [0.4, 0.5) is 5.69 Å². The first-order valence-electron chi connectivity index (χ1n) is 7.16. The number of hydrogen-bond acceptors (Lipinski definition) is 2. The first-order valence-corrected chi connectivity index (χ1v) is 7.16. The van der Waals surface area contributed by atoms with Crippen molar-refractivity contribution in [2.24, 2.45) is 0 Å². The summed E-state index contributed by atoms with van der Waals surface area (Å²) in [5, 5.41) is 0. The molecule has 0 radical (unpaired) electrons. The van der Waals surface area contributed by atoms with Crippen molar-refractivity contribution in [3.05, 3.63) is 29.8 Å². The van der Waals surface area contributed by atoms with Gasteiger partial charge >= 0.3 is 0 Å². The molecule has 0 amide bonds. The Morgan fingerprint density at radius 3 is 2.78 bits per heavy atom. The van der Waals surface area contributed by atoms with Crippen LogP contribution in [0.15, 0.2) is 24.3 Å². The fraction of sp³-hybridized carbons (Fsp3) is 0.562. The maximum Gasteiger partial charge on any atom is 0.164 e. The van der Waals surface area contributed by atoms with Crippen molar-refractivity contribution < 1.29 is 4.79 Å². The third kappa shape index (κ3) is 2.58. The van der Waals surface area contributed by atoms with Crippen molar-refractivity contribution in [1.82, 2.24) is 0 Å². The topological polar surface area (TPSA) is 20.3 Å². The molecule has 1 aromatic carbocycles. The van der Waals surface area contributed by atoms with Crippen LogP contribution in [0.2, 0.25) is 0 Å². The third-order valence-electron chi connectivity index (χ3n) is 3.93. The summed E-state index contributed by atoms with van der Waals surface area (Å²) in [5.41, 5.74) is 2.05. The molecule has 1 fully saturated rings. The highest BCUT2D eigenvalue weighted by molar-refractivity contribution is 6.01. The van der Waals surface area contributed by atoms with E-state index in [1.54, 1.807) is 0 Å². The van der Waals surface area contributed by atoms with Crippen LogP contribution < -0.4 is 4.90 Å². The van der Waals surface area contributed by atoms with E-state index in [9.17, 15) is 4.79 Å². The lowest BCUT2D eigenvalue weighted by molar-refractivity contribution is 0.0988. The first kappa shape index (κ1) is 13.1. The van der Waals surface area contributed by atoms with E-state index < -0.39 is 0 Å². The minimum atomic E-state index is 0.256. The summed E-state index contributed by atoms with van der Waals surface area (Å²) in [6.07, 6.45) is 5.56. The van der Waals surface area contributed by atoms with Crippen LogP contribution in [0.1, 0.15) is 56.3 Å². The Balaban J connectivity index is 2.33. The van der Waals surface area contributed by atoms with E-state index in [-0.39, 0.29) is 5.78 Å². The van der Waals surface area contributed by atoms with Crippen molar-refractivity contribution in [2.75, 3.05) is 11.4 Å². The van der Waals surface area contributed by atoms with Gasteiger partial charge in [-0.05, 0) is 37.8 Å². The van der Waals surface area contributed by atoms with Crippen LogP contribution >= 0.6 is 0 Å². The number of hydrogen-bond donors (Lipinski definition) is 0. The molecule has 1 saturated heterocycles. The summed E-state index contributed by atoms with van der Waals surface area (Å²) in [7, 11) is 0. The van der Waals surface area contributed by atoms with Gasteiger partial charge in [0, 0.05) is 30.3 Å². The molecule has 0 N–H and O–H groups in total. The Labute approximate surface area is 110 Å². The average molecular weight is 245 g/mol. The van der Waals surface area contributed by atoms with Gasteiger partial charge < -0.3 is 4.90 Å². The Bertz CT molecular complexity index is 413. The van der Waals surface area contributed by atoms with E-state index in [4.69, 9.17) is 0 Å². The molecule has 0 bridgehead atoms. The fourth-order valence-corrected chi connectivity index (χ4v) is 2.89. The number of carbonyl (C=O) groups is 1. The summed E-state index contributed by atoms with van der Waals surface area (Å²) in [4.78, 5) is 14.5. The Hall–Kier alpha value is -1.31. The molecule has 0 aromatic heterocycles. The zero-order valence-electron chi connectivity index (χ0n) is 11.5. The highest BCUT2D eigenvalue weighted by Crippen LogP contribution is 2.29. The number of carbonyl (C=O) groups excluding carboxylic acids is 1. The van der Waals surface area contributed by atoms with Gasteiger partial charge in [0.05, 0.1) is 0 Å². The number of para-hydroxylation sites is 1. The van der Waals surface area contributed by atoms with E-state index >= 15 is 0 Å². The monoisotopic (exact) mass is 245 g/mol. The van der Waals surface area contributed by atoms with Crippen molar-refractivity contribution >= 4 is 11.5 Å². The molecule has 0 saturated carbocycles. The van der Waals surface area contributed by atoms with Crippen molar-refractivity contribution in [2.45, 2.75) is 52.0 Å². The largest absolute Gasteiger partial charge is 0.368 e. The summed E-state index contributed by atoms with van der Waals surface area (Å²) in [5.74, 6) is 0.256. The molecule has 1 aliphatic heterocycles. The van der Waals surface area contributed by atoms with Crippen molar-refractivity contribution in [3.63, 3.8) is 0 Å². The fourth-order valence-electron chi connectivity index (χ4n) is 2.89. The summed E-state index contributed by atoms with van der Waals surface area (Å²) in [6.45, 7) is 5.27. The molecular formula is C16H23NO. The number of rotatable bonds is 4. The van der Waals surface area contributed by atoms with Gasteiger partial charge in [0.15, 0.2) is 5.78 Å². The SMILES string of the molecule is CCC(=O)c1ccccc1N1CCCCC1CC. The normalized spacial score (nSPS) is 19.9. The Kier molecular flexibility index (Phi) is 4.40. The molecule has 1 unspecified atom stereocenters. The van der Waals surface area contributed by atoms with E-state index in [1.165, 1.54) is 19.3 Å². The van der Waals surface area contributed by atoms with Crippen LogP contribution in [0, 0.1) is 0 Å². The number of anilines is 1. The van der Waals surface area contributed by atoms with Gasteiger partial charge in [-0.2, -0.15) is 0 Å². The summed E-state index contributed by atoms with van der Waals surface area (Å²) in [6, 6.07) is 8.70. The van der Waals surface area contributed by atoms with Gasteiger partial charge in [0.1, 0.15) is 0 Å². The molecule has 98 valence electrons. The molecule has 0 aliphatic carbocycles. The zero-order valence-corrected chi connectivity index (χ0v) is 11.5. The van der Waals surface area contributed by atoms with Gasteiger partial charge in [0.25, 0.3) is 0 Å². The highest BCUT2D eigenvalue weighted by Gasteiger charge is 2.24. The second kappa shape index (κ2) is 6.03. The molecular weight excluding hydrogens is 222 g/mol. The van der Waals surface area contributed by atoms with E-state index in [0.29, 0.717) is 12.5 Å². The lowest BCUT2D eigenvalue weighted by Crippen LogP contribution is -2.39. The van der Waals surface area contributed by atoms with Gasteiger partial charge in [0.2, 0.25) is 0 Å². The number of nitrogens with zero attached hydrogens (tertiary/aromatic N) is 1. The first-order chi connectivity index (χ1) is 8.77. The second-order valence-corrected chi connectivity index (χ2v) is 5.05. The third-order valence-corrected chi connectivity index (χ3v) is 3.93. The minimum absolute atomic E-state index is 0.256. The minimum Gasteiger partial charge on any atom is -0.368 e. The highest BCUT2D eigenvalue weighted by atomic mass is 16.1. The molecule has 1 atom stereocenters. The molecule has 1 aliphatic rings. The predicted molar refractivity (Wildman–Crippen MR) is 76.3 cm³/mol. The standard InChI is InChI=1S/C16H23NO/c1-3-13-9-7-8-12-17(13)15-11-6-5-10-14(15)16(18)4-2/h5-6,10-11,13H,3-4,7-9,12H2,1-2H3. The van der Waals surface area contributed by atoms with Gasteiger partial charge in [-0.25, -0.2) is 0 Å². The van der Waals surface area contributed by atoms with Crippen LogP contribution in [0.5, 0.6) is 0 Å². The Morgan fingerprint density at radius 1 is 1.28 bits per heavy atom. The number of benzene rings is 1. The lowest BCUT2D eigenvalue weighted by Gasteiger charge is -2.38. The van der Waals surface area contributed by atoms with Crippen LogP contribution in [-0.2, 0) is 0 Å². The van der Waals surface area contributed by atoms with Gasteiger partial charge in [-0.1, -0.05) is 26.0 Å². The van der Waals surface area contributed by atoms with Crippen LogP contribution in [0.3, 0.4) is 0 Å². The number of Topliss-reactive ketones (excluding diaryl/α,β-unsaturated/α-hetero) is 1. The van der Waals surface area contributed by atoms with E-state index in [1.807, 2.05) is 25.1 Å². The zero-order chi connectivity index (χ0) is 13.0. The van der Waals surface area contributed by atoms with Crippen LogP contribution in [-0.4, -0.2) is 18.4 Å². The molecule has 18 heavy (non-hydrogen) atoms. The summed E-state index contributed by atoms with van der Waals surface area (Å²) >= 11 is 0. The quantitative estimate of drug-likeness (QED) is 0.746. The second-order valence-electron chi connectivity index (χ2n) is 5.05. The molecule has 2 nitrogen and oxygen atoms in total. The van der Waals surface area contributed by atoms with E-state index in [2.05, 4.69) is 17.9 Å². The van der Waals surface area contributed by atoms with Gasteiger partial charge in [-0.3, -0.25) is 4.79 Å². The average Bonchev–Trinajstić information content (AvgIpc) is 2.46. The Morgan fingerprint density at radius 2 is 2.06 bits per heavy atom. The lowest BCUT2D eigenvalue weighted by atomic mass is 9.97. The molecule has 2 rings (SSSR count). The number of ketones is 1.